The Hall–Kier alpha value is -1.75. The van der Waals surface area contributed by atoms with Crippen LogP contribution in [0.2, 0.25) is 10.0 Å². The molecular formula is C21H21Cl2NO3. The highest BCUT2D eigenvalue weighted by atomic mass is 35.5. The van der Waals surface area contributed by atoms with Crippen LogP contribution < -0.4 is 10.1 Å². The van der Waals surface area contributed by atoms with Gasteiger partial charge >= 0.3 is 0 Å². The fourth-order valence-electron chi connectivity index (χ4n) is 4.69. The zero-order valence-electron chi connectivity index (χ0n) is 14.9. The zero-order chi connectivity index (χ0) is 19.2. The molecule has 0 bridgehead atoms. The largest absolute Gasteiger partial charge is 0.497 e. The number of hydrogen-bond donors (Lipinski definition) is 2. The number of ether oxygens (including phenoxy) is 1. The van der Waals surface area contributed by atoms with E-state index in [1.165, 1.54) is 0 Å². The summed E-state index contributed by atoms with van der Waals surface area (Å²) in [7, 11) is 1.61. The molecule has 0 radical (unpaired) electrons. The first-order valence-electron chi connectivity index (χ1n) is 9.03. The first-order chi connectivity index (χ1) is 12.9. The van der Waals surface area contributed by atoms with E-state index in [1.807, 2.05) is 42.5 Å². The quantitative estimate of drug-likeness (QED) is 0.806. The lowest BCUT2D eigenvalue weighted by atomic mass is 9.61. The third kappa shape index (κ3) is 3.10. The fourth-order valence-corrected chi connectivity index (χ4v) is 5.12. The van der Waals surface area contributed by atoms with E-state index >= 15 is 0 Å². The van der Waals surface area contributed by atoms with Crippen LogP contribution in [0.5, 0.6) is 5.75 Å². The van der Waals surface area contributed by atoms with Crippen LogP contribution in [0.25, 0.3) is 0 Å². The van der Waals surface area contributed by atoms with Gasteiger partial charge in [-0.2, -0.15) is 0 Å². The van der Waals surface area contributed by atoms with Crippen LogP contribution in [0.15, 0.2) is 42.5 Å². The second-order valence-corrected chi connectivity index (χ2v) is 8.19. The van der Waals surface area contributed by atoms with Crippen LogP contribution in [0.1, 0.15) is 35.8 Å². The Morgan fingerprint density at radius 3 is 2.59 bits per heavy atom. The molecule has 1 saturated heterocycles. The normalized spacial score (nSPS) is 29.9. The van der Waals surface area contributed by atoms with E-state index in [0.29, 0.717) is 35.2 Å². The molecule has 2 aromatic rings. The van der Waals surface area contributed by atoms with E-state index in [9.17, 15) is 9.90 Å². The lowest BCUT2D eigenvalue weighted by Crippen LogP contribution is -2.49. The number of benzene rings is 2. The van der Waals surface area contributed by atoms with Crippen molar-refractivity contribution in [3.05, 3.63) is 63.6 Å². The molecule has 0 aromatic heterocycles. The minimum Gasteiger partial charge on any atom is -0.497 e. The third-order valence-corrected chi connectivity index (χ3v) is 6.63. The van der Waals surface area contributed by atoms with Crippen LogP contribution in [0.3, 0.4) is 0 Å². The summed E-state index contributed by atoms with van der Waals surface area (Å²) in [6, 6.07) is 13.4. The highest BCUT2D eigenvalue weighted by molar-refractivity contribution is 6.31. The first-order valence-corrected chi connectivity index (χ1v) is 9.79. The van der Waals surface area contributed by atoms with Gasteiger partial charge in [0.15, 0.2) is 0 Å². The van der Waals surface area contributed by atoms with Gasteiger partial charge in [0.1, 0.15) is 11.4 Å². The zero-order valence-corrected chi connectivity index (χ0v) is 16.4. The second-order valence-electron chi connectivity index (χ2n) is 7.35. The van der Waals surface area contributed by atoms with E-state index in [-0.39, 0.29) is 23.7 Å². The van der Waals surface area contributed by atoms with Gasteiger partial charge in [-0.15, -0.1) is 0 Å². The number of fused-ring (bicyclic) bond motifs is 1. The summed E-state index contributed by atoms with van der Waals surface area (Å²) in [6.45, 7) is 0.451. The van der Waals surface area contributed by atoms with Gasteiger partial charge in [0.2, 0.25) is 0 Å². The number of methoxy groups -OCH3 is 1. The molecule has 6 heteroatoms. The maximum Gasteiger partial charge on any atom is 0.252 e. The molecule has 2 aliphatic rings. The number of nitrogens with one attached hydrogen (secondary N) is 1. The molecule has 1 saturated carbocycles. The van der Waals surface area contributed by atoms with Gasteiger partial charge in [-0.1, -0.05) is 41.4 Å². The Bertz CT molecular complexity index is 870. The number of rotatable bonds is 3. The highest BCUT2D eigenvalue weighted by Crippen LogP contribution is 2.54. The molecule has 2 fully saturated rings. The van der Waals surface area contributed by atoms with E-state index in [2.05, 4.69) is 5.32 Å². The van der Waals surface area contributed by atoms with Gasteiger partial charge in [-0.3, -0.25) is 4.79 Å². The fraction of sp³-hybridized carbons (Fsp3) is 0.381. The number of carbonyl (C=O) groups excluding carboxylic acids is 1. The standard InChI is InChI=1S/C21H21Cl2NO3/c1-27-14-6-7-15(18(23)10-14)16-8-9-21(26)17(11-24-20(21)25)19(16)12-2-4-13(22)5-3-12/h2-7,10,16-17,19,26H,8-9,11H2,1H3,(H,24,25)/t16-,17-,19-,21-/m0/s1. The van der Waals surface area contributed by atoms with Crippen molar-refractivity contribution in [1.29, 1.82) is 0 Å². The molecule has 1 aliphatic heterocycles. The van der Waals surface area contributed by atoms with Crippen molar-refractivity contribution in [1.82, 2.24) is 5.32 Å². The topological polar surface area (TPSA) is 58.6 Å². The molecule has 0 unspecified atom stereocenters. The van der Waals surface area contributed by atoms with Crippen LogP contribution >= 0.6 is 23.2 Å². The minimum absolute atomic E-state index is 0.0501. The summed E-state index contributed by atoms with van der Waals surface area (Å²) >= 11 is 12.7. The van der Waals surface area contributed by atoms with Crippen molar-refractivity contribution >= 4 is 29.1 Å². The molecule has 2 aromatic carbocycles. The van der Waals surface area contributed by atoms with Gasteiger partial charge in [0.05, 0.1) is 7.11 Å². The summed E-state index contributed by atoms with van der Waals surface area (Å²) < 4.78 is 5.27. The maximum atomic E-state index is 12.3. The molecule has 2 N–H and O–H groups in total. The molecule has 142 valence electrons. The Morgan fingerprint density at radius 1 is 1.19 bits per heavy atom. The van der Waals surface area contributed by atoms with Gasteiger partial charge in [0, 0.05) is 22.5 Å². The Morgan fingerprint density at radius 2 is 1.93 bits per heavy atom. The van der Waals surface area contributed by atoms with Crippen LogP contribution in [0.4, 0.5) is 0 Å². The third-order valence-electron chi connectivity index (χ3n) is 6.05. The molecule has 4 nitrogen and oxygen atoms in total. The lowest BCUT2D eigenvalue weighted by Gasteiger charge is -2.44. The molecule has 4 rings (SSSR count). The van der Waals surface area contributed by atoms with Crippen LogP contribution in [0, 0.1) is 5.92 Å². The minimum atomic E-state index is -1.33. The Kier molecular flexibility index (Phi) is 4.83. The average molecular weight is 406 g/mol. The van der Waals surface area contributed by atoms with Crippen molar-refractivity contribution < 1.29 is 14.6 Å². The first kappa shape index (κ1) is 18.6. The Labute approximate surface area is 168 Å². The number of amides is 1. The van der Waals surface area contributed by atoms with Gasteiger partial charge < -0.3 is 15.2 Å². The second kappa shape index (κ2) is 7.01. The van der Waals surface area contributed by atoms with Gasteiger partial charge in [0.25, 0.3) is 5.91 Å². The molecule has 1 aliphatic carbocycles. The predicted octanol–water partition coefficient (Wildman–Crippen LogP) is 4.14. The van der Waals surface area contributed by atoms with Gasteiger partial charge in [-0.25, -0.2) is 0 Å². The smallest absolute Gasteiger partial charge is 0.252 e. The molecule has 27 heavy (non-hydrogen) atoms. The summed E-state index contributed by atoms with van der Waals surface area (Å²) in [5, 5.41) is 15.2. The van der Waals surface area contributed by atoms with E-state index in [1.54, 1.807) is 7.11 Å². The summed E-state index contributed by atoms with van der Waals surface area (Å²) in [5.74, 6) is 0.249. The van der Waals surface area contributed by atoms with Crippen LogP contribution in [-0.2, 0) is 4.79 Å². The summed E-state index contributed by atoms with van der Waals surface area (Å²) in [5.41, 5.74) is 0.731. The lowest BCUT2D eigenvalue weighted by molar-refractivity contribution is -0.142. The van der Waals surface area contributed by atoms with E-state index in [4.69, 9.17) is 27.9 Å². The van der Waals surface area contributed by atoms with Crippen molar-refractivity contribution in [2.75, 3.05) is 13.7 Å². The molecule has 1 amide bonds. The number of aliphatic hydroxyl groups is 1. The van der Waals surface area contributed by atoms with E-state index in [0.717, 1.165) is 11.1 Å². The predicted molar refractivity (Wildman–Crippen MR) is 106 cm³/mol. The van der Waals surface area contributed by atoms with E-state index < -0.39 is 5.60 Å². The molecule has 4 atom stereocenters. The number of halogens is 2. The molecule has 0 spiro atoms. The van der Waals surface area contributed by atoms with Crippen molar-refractivity contribution in [3.8, 4) is 5.75 Å². The number of hydrogen-bond acceptors (Lipinski definition) is 3. The molecular weight excluding hydrogens is 385 g/mol. The monoisotopic (exact) mass is 405 g/mol. The summed E-state index contributed by atoms with van der Waals surface area (Å²) in [4.78, 5) is 12.3. The van der Waals surface area contributed by atoms with Crippen molar-refractivity contribution in [2.24, 2.45) is 5.92 Å². The number of carbonyl (C=O) groups is 1. The van der Waals surface area contributed by atoms with Gasteiger partial charge in [-0.05, 0) is 60.1 Å². The van der Waals surface area contributed by atoms with Crippen LogP contribution in [-0.4, -0.2) is 30.3 Å². The SMILES string of the molecule is COc1ccc([C@@H]2CC[C@@]3(O)C(=O)NC[C@H]3[C@H]2c2ccc(Cl)cc2)c(Cl)c1. The Balaban J connectivity index is 1.80. The summed E-state index contributed by atoms with van der Waals surface area (Å²) in [6.07, 6.45) is 1.08. The highest BCUT2D eigenvalue weighted by Gasteiger charge is 2.57. The molecule has 1 heterocycles. The maximum absolute atomic E-state index is 12.3. The van der Waals surface area contributed by atoms with Crippen molar-refractivity contribution in [3.63, 3.8) is 0 Å². The van der Waals surface area contributed by atoms with Crippen molar-refractivity contribution in [2.45, 2.75) is 30.3 Å². The average Bonchev–Trinajstić information content (AvgIpc) is 2.97.